The summed E-state index contributed by atoms with van der Waals surface area (Å²) in [4.78, 5) is 11.4. The van der Waals surface area contributed by atoms with Crippen molar-refractivity contribution in [3.63, 3.8) is 0 Å². The zero-order valence-electron chi connectivity index (χ0n) is 10.7. The highest BCUT2D eigenvalue weighted by atomic mass is 32.2. The second-order valence-corrected chi connectivity index (χ2v) is 6.72. The van der Waals surface area contributed by atoms with Crippen molar-refractivity contribution in [2.75, 3.05) is 7.11 Å². The molecule has 2 fully saturated rings. The Morgan fingerprint density at radius 3 is 2.67 bits per heavy atom. The topological polar surface area (TPSA) is 78.9 Å². The van der Waals surface area contributed by atoms with E-state index in [2.05, 4.69) is 4.74 Å². The van der Waals surface area contributed by atoms with E-state index < -0.39 is 27.4 Å². The van der Waals surface area contributed by atoms with Crippen LogP contribution in [-0.2, 0) is 28.6 Å². The van der Waals surface area contributed by atoms with E-state index in [1.54, 1.807) is 13.8 Å². The van der Waals surface area contributed by atoms with Crippen molar-refractivity contribution in [1.29, 1.82) is 0 Å². The molecule has 18 heavy (non-hydrogen) atoms. The van der Waals surface area contributed by atoms with Gasteiger partial charge in [-0.2, -0.15) is 8.42 Å². The van der Waals surface area contributed by atoms with Crippen LogP contribution in [0.2, 0.25) is 0 Å². The normalized spacial score (nSPS) is 39.9. The highest BCUT2D eigenvalue weighted by Crippen LogP contribution is 2.37. The Hall–Kier alpha value is -0.660. The Labute approximate surface area is 107 Å². The summed E-state index contributed by atoms with van der Waals surface area (Å²) in [6.07, 6.45) is -0.347. The molecule has 0 saturated carbocycles. The minimum Gasteiger partial charge on any atom is -0.469 e. The predicted octanol–water partition coefficient (Wildman–Crippen LogP) is 0.460. The number of carbonyl (C=O) groups excluding carboxylic acids is 1. The second kappa shape index (κ2) is 4.79. The molecule has 0 amide bonds. The van der Waals surface area contributed by atoms with Gasteiger partial charge in [-0.3, -0.25) is 8.98 Å². The van der Waals surface area contributed by atoms with Gasteiger partial charge in [-0.15, -0.1) is 0 Å². The average Bonchev–Trinajstić information content (AvgIpc) is 2.70. The van der Waals surface area contributed by atoms with Crippen LogP contribution in [0.25, 0.3) is 0 Å². The minimum atomic E-state index is -3.59. The van der Waals surface area contributed by atoms with E-state index in [9.17, 15) is 13.2 Å². The molecule has 2 aliphatic heterocycles. The van der Waals surface area contributed by atoms with Gasteiger partial charge in [0.1, 0.15) is 5.25 Å². The first-order chi connectivity index (χ1) is 8.35. The number of rotatable bonds is 2. The Bertz CT molecular complexity index is 431. The Kier molecular flexibility index (Phi) is 3.66. The molecule has 7 heteroatoms. The molecule has 5 atom stereocenters. The first kappa shape index (κ1) is 13.8. The zero-order chi connectivity index (χ0) is 13.5. The molecule has 0 N–H and O–H groups in total. The molecule has 2 aliphatic rings. The maximum Gasteiger partial charge on any atom is 0.311 e. The number of carbonyl (C=O) groups is 1. The molecule has 0 spiro atoms. The average molecular weight is 278 g/mol. The summed E-state index contributed by atoms with van der Waals surface area (Å²) in [6, 6.07) is 0. The Morgan fingerprint density at radius 2 is 2.06 bits per heavy atom. The third-order valence-corrected chi connectivity index (χ3v) is 5.43. The number of fused-ring (bicyclic) bond motifs is 1. The van der Waals surface area contributed by atoms with Crippen LogP contribution in [0.3, 0.4) is 0 Å². The number of ether oxygens (including phenoxy) is 2. The van der Waals surface area contributed by atoms with Crippen LogP contribution in [0.5, 0.6) is 0 Å². The predicted molar refractivity (Wildman–Crippen MR) is 62.3 cm³/mol. The molecule has 0 bridgehead atoms. The molecular weight excluding hydrogens is 260 g/mol. The minimum absolute atomic E-state index is 0.288. The van der Waals surface area contributed by atoms with Gasteiger partial charge in [-0.1, -0.05) is 0 Å². The SMILES string of the molecule is COC(=O)[C@@H](C)[C@@H]1C[C@H]2[C@H](C[C@@H](C)OS2(=O)=O)O1. The van der Waals surface area contributed by atoms with Crippen LogP contribution >= 0.6 is 0 Å². The van der Waals surface area contributed by atoms with Crippen LogP contribution in [-0.4, -0.2) is 45.1 Å². The molecule has 2 saturated heterocycles. The number of hydrogen-bond donors (Lipinski definition) is 0. The van der Waals surface area contributed by atoms with Gasteiger partial charge in [0.05, 0.1) is 31.3 Å². The van der Waals surface area contributed by atoms with Crippen molar-refractivity contribution < 1.29 is 26.9 Å². The van der Waals surface area contributed by atoms with E-state index in [0.29, 0.717) is 6.42 Å². The van der Waals surface area contributed by atoms with Crippen molar-refractivity contribution in [1.82, 2.24) is 0 Å². The lowest BCUT2D eigenvalue weighted by atomic mass is 10.0. The highest BCUT2D eigenvalue weighted by Gasteiger charge is 2.50. The van der Waals surface area contributed by atoms with Gasteiger partial charge >= 0.3 is 5.97 Å². The fourth-order valence-electron chi connectivity index (χ4n) is 2.59. The van der Waals surface area contributed by atoms with Crippen LogP contribution in [0, 0.1) is 5.92 Å². The smallest absolute Gasteiger partial charge is 0.311 e. The van der Waals surface area contributed by atoms with Gasteiger partial charge < -0.3 is 9.47 Å². The van der Waals surface area contributed by atoms with Gasteiger partial charge in [0, 0.05) is 6.42 Å². The lowest BCUT2D eigenvalue weighted by Crippen LogP contribution is -2.41. The maximum absolute atomic E-state index is 11.9. The van der Waals surface area contributed by atoms with Crippen molar-refractivity contribution in [2.45, 2.75) is 50.3 Å². The van der Waals surface area contributed by atoms with Gasteiger partial charge in [0.25, 0.3) is 10.1 Å². The summed E-state index contributed by atoms with van der Waals surface area (Å²) in [5.74, 6) is -0.851. The van der Waals surface area contributed by atoms with Gasteiger partial charge in [0.15, 0.2) is 0 Å². The fourth-order valence-corrected chi connectivity index (χ4v) is 4.24. The summed E-state index contributed by atoms with van der Waals surface area (Å²) in [5.41, 5.74) is 0. The van der Waals surface area contributed by atoms with E-state index in [-0.39, 0.29) is 24.6 Å². The molecule has 0 aromatic carbocycles. The monoisotopic (exact) mass is 278 g/mol. The largest absolute Gasteiger partial charge is 0.469 e. The van der Waals surface area contributed by atoms with Gasteiger partial charge in [-0.25, -0.2) is 0 Å². The van der Waals surface area contributed by atoms with E-state index >= 15 is 0 Å². The summed E-state index contributed by atoms with van der Waals surface area (Å²) < 4.78 is 39.1. The standard InChI is InChI=1S/C11H18O6S/c1-6-4-9-10(18(13,14)17-6)5-8(16-9)7(2)11(12)15-3/h6-10H,4-5H2,1-3H3/t6-,7+,8+,9+,10+/m1/s1. The fraction of sp³-hybridized carbons (Fsp3) is 0.909. The summed E-state index contributed by atoms with van der Waals surface area (Å²) >= 11 is 0. The number of hydrogen-bond acceptors (Lipinski definition) is 6. The molecule has 2 rings (SSSR count). The molecule has 6 nitrogen and oxygen atoms in total. The van der Waals surface area contributed by atoms with Crippen molar-refractivity contribution >= 4 is 16.1 Å². The van der Waals surface area contributed by atoms with Crippen LogP contribution in [0.4, 0.5) is 0 Å². The van der Waals surface area contributed by atoms with E-state index in [4.69, 9.17) is 8.92 Å². The van der Waals surface area contributed by atoms with Crippen LogP contribution < -0.4 is 0 Å². The molecule has 0 aromatic rings. The Morgan fingerprint density at radius 1 is 1.39 bits per heavy atom. The van der Waals surface area contributed by atoms with Crippen molar-refractivity contribution in [3.05, 3.63) is 0 Å². The molecule has 0 aromatic heterocycles. The molecule has 104 valence electrons. The number of methoxy groups -OCH3 is 1. The van der Waals surface area contributed by atoms with E-state index in [1.807, 2.05) is 0 Å². The summed E-state index contributed by atoms with van der Waals surface area (Å²) in [5, 5.41) is -0.661. The maximum atomic E-state index is 11.9. The molecule has 0 aliphatic carbocycles. The zero-order valence-corrected chi connectivity index (χ0v) is 11.5. The van der Waals surface area contributed by atoms with Gasteiger partial charge in [0.2, 0.25) is 0 Å². The quantitative estimate of drug-likeness (QED) is 0.539. The molecule has 0 radical (unpaired) electrons. The van der Waals surface area contributed by atoms with Crippen LogP contribution in [0.1, 0.15) is 26.7 Å². The first-order valence-electron chi connectivity index (χ1n) is 6.00. The second-order valence-electron chi connectivity index (χ2n) is 4.93. The molecule has 2 heterocycles. The summed E-state index contributed by atoms with van der Waals surface area (Å²) in [7, 11) is -2.28. The van der Waals surface area contributed by atoms with Crippen LogP contribution in [0.15, 0.2) is 0 Å². The lowest BCUT2D eigenvalue weighted by molar-refractivity contribution is -0.150. The van der Waals surface area contributed by atoms with Crippen molar-refractivity contribution in [3.8, 4) is 0 Å². The van der Waals surface area contributed by atoms with E-state index in [1.165, 1.54) is 7.11 Å². The third-order valence-electron chi connectivity index (χ3n) is 3.59. The third kappa shape index (κ3) is 2.39. The van der Waals surface area contributed by atoms with E-state index in [0.717, 1.165) is 0 Å². The highest BCUT2D eigenvalue weighted by molar-refractivity contribution is 7.87. The lowest BCUT2D eigenvalue weighted by Gasteiger charge is -2.28. The van der Waals surface area contributed by atoms with Gasteiger partial charge in [-0.05, 0) is 20.3 Å². The first-order valence-corrected chi connectivity index (χ1v) is 7.47. The summed E-state index contributed by atoms with van der Waals surface area (Å²) in [6.45, 7) is 3.39. The number of esters is 1. The van der Waals surface area contributed by atoms with Crippen molar-refractivity contribution in [2.24, 2.45) is 5.92 Å². The Balaban J connectivity index is 2.13. The molecular formula is C11H18O6S. The molecule has 0 unspecified atom stereocenters.